The minimum absolute atomic E-state index is 0.0147. The van der Waals surface area contributed by atoms with Crippen molar-refractivity contribution < 1.29 is 18.0 Å². The molecule has 162 valence electrons. The Bertz CT molecular complexity index is 828. The molecule has 8 heteroatoms. The van der Waals surface area contributed by atoms with Crippen LogP contribution in [0.5, 0.6) is 0 Å². The molecule has 2 amide bonds. The molecular formula is C21H33N3O4S. The normalized spacial score (nSPS) is 20.5. The maximum atomic E-state index is 13.1. The van der Waals surface area contributed by atoms with E-state index in [-0.39, 0.29) is 34.9 Å². The van der Waals surface area contributed by atoms with Gasteiger partial charge in [0.05, 0.1) is 11.4 Å². The maximum Gasteiger partial charge on any atom is 0.254 e. The molecule has 2 atom stereocenters. The monoisotopic (exact) mass is 423 g/mol. The summed E-state index contributed by atoms with van der Waals surface area (Å²) >= 11 is 0. The van der Waals surface area contributed by atoms with Crippen LogP contribution in [0.2, 0.25) is 0 Å². The Morgan fingerprint density at radius 1 is 1.21 bits per heavy atom. The van der Waals surface area contributed by atoms with Gasteiger partial charge in [0.25, 0.3) is 5.91 Å². The summed E-state index contributed by atoms with van der Waals surface area (Å²) in [5.41, 5.74) is 0.267. The van der Waals surface area contributed by atoms with Gasteiger partial charge in [-0.25, -0.2) is 8.42 Å². The molecule has 1 fully saturated rings. The highest BCUT2D eigenvalue weighted by Crippen LogP contribution is 2.27. The molecule has 1 aromatic carbocycles. The number of rotatable bonds is 7. The molecule has 2 unspecified atom stereocenters. The van der Waals surface area contributed by atoms with Crippen molar-refractivity contribution in [3.63, 3.8) is 0 Å². The van der Waals surface area contributed by atoms with Gasteiger partial charge in [-0.1, -0.05) is 19.9 Å². The Hall–Kier alpha value is -1.93. The van der Waals surface area contributed by atoms with Crippen LogP contribution in [0.3, 0.4) is 0 Å². The zero-order valence-electron chi connectivity index (χ0n) is 18.0. The summed E-state index contributed by atoms with van der Waals surface area (Å²) < 4.78 is 27.8. The predicted octanol–water partition coefficient (Wildman–Crippen LogP) is 2.34. The Balaban J connectivity index is 2.23. The Labute approximate surface area is 174 Å². The van der Waals surface area contributed by atoms with Crippen LogP contribution in [-0.2, 0) is 14.8 Å². The zero-order chi connectivity index (χ0) is 21.8. The lowest BCUT2D eigenvalue weighted by Crippen LogP contribution is -2.43. The minimum atomic E-state index is -3.67. The largest absolute Gasteiger partial charge is 0.352 e. The first-order valence-corrected chi connectivity index (χ1v) is 11.7. The lowest BCUT2D eigenvalue weighted by atomic mass is 9.94. The fourth-order valence-corrected chi connectivity index (χ4v) is 5.52. The predicted molar refractivity (Wildman–Crippen MR) is 113 cm³/mol. The molecule has 1 aliphatic heterocycles. The number of hydrogen-bond acceptors (Lipinski definition) is 4. The number of piperidine rings is 1. The topological polar surface area (TPSA) is 86.8 Å². The number of nitrogens with one attached hydrogen (secondary N) is 1. The average Bonchev–Trinajstić information content (AvgIpc) is 2.64. The van der Waals surface area contributed by atoms with Crippen molar-refractivity contribution >= 4 is 21.8 Å². The highest BCUT2D eigenvalue weighted by atomic mass is 32.2. The number of sulfonamides is 1. The number of carbonyl (C=O) groups is 2. The number of amides is 2. The van der Waals surface area contributed by atoms with Crippen molar-refractivity contribution in [3.8, 4) is 0 Å². The van der Waals surface area contributed by atoms with E-state index in [2.05, 4.69) is 19.2 Å². The SMILES string of the molecule is CCN(CC(=O)NC(C)C)C(=O)c1cccc(S(=O)(=O)N2CC(C)CC(C)C2)c1. The summed E-state index contributed by atoms with van der Waals surface area (Å²) in [5, 5.41) is 2.77. The molecule has 1 saturated heterocycles. The molecule has 7 nitrogen and oxygen atoms in total. The lowest BCUT2D eigenvalue weighted by Gasteiger charge is -2.34. The van der Waals surface area contributed by atoms with Crippen LogP contribution in [0.1, 0.15) is 51.4 Å². The van der Waals surface area contributed by atoms with Gasteiger partial charge >= 0.3 is 0 Å². The van der Waals surface area contributed by atoms with Crippen LogP contribution in [-0.4, -0.2) is 61.7 Å². The van der Waals surface area contributed by atoms with E-state index in [1.54, 1.807) is 19.1 Å². The van der Waals surface area contributed by atoms with Gasteiger partial charge in [-0.15, -0.1) is 0 Å². The molecular weight excluding hydrogens is 390 g/mol. The van der Waals surface area contributed by atoms with E-state index < -0.39 is 10.0 Å². The first kappa shape index (κ1) is 23.3. The quantitative estimate of drug-likeness (QED) is 0.729. The standard InChI is InChI=1S/C21H33N3O4S/c1-6-23(14-20(25)22-15(2)3)21(26)18-8-7-9-19(11-18)29(27,28)24-12-16(4)10-17(5)13-24/h7-9,11,15-17H,6,10,12-14H2,1-5H3,(H,22,25). The van der Waals surface area contributed by atoms with Crippen LogP contribution in [0.25, 0.3) is 0 Å². The summed E-state index contributed by atoms with van der Waals surface area (Å²) in [5.74, 6) is 0.000823. The third-order valence-electron chi connectivity index (χ3n) is 5.01. The van der Waals surface area contributed by atoms with E-state index in [9.17, 15) is 18.0 Å². The van der Waals surface area contributed by atoms with Crippen LogP contribution in [0, 0.1) is 11.8 Å². The minimum Gasteiger partial charge on any atom is -0.352 e. The lowest BCUT2D eigenvalue weighted by molar-refractivity contribution is -0.122. The molecule has 2 rings (SSSR count). The second-order valence-corrected chi connectivity index (χ2v) is 10.3. The summed E-state index contributed by atoms with van der Waals surface area (Å²) in [4.78, 5) is 26.5. The van der Waals surface area contributed by atoms with Crippen LogP contribution in [0.15, 0.2) is 29.2 Å². The number of likely N-dealkylation sites (N-methyl/N-ethyl adjacent to an activating group) is 1. The van der Waals surface area contributed by atoms with Gasteiger partial charge in [-0.3, -0.25) is 9.59 Å². The third-order valence-corrected chi connectivity index (χ3v) is 6.83. The van der Waals surface area contributed by atoms with E-state index in [4.69, 9.17) is 0 Å². The molecule has 1 N–H and O–H groups in total. The number of carbonyl (C=O) groups excluding carboxylic acids is 2. The van der Waals surface area contributed by atoms with Crippen LogP contribution in [0.4, 0.5) is 0 Å². The molecule has 0 saturated carbocycles. The summed E-state index contributed by atoms with van der Waals surface area (Å²) in [6.45, 7) is 10.9. The van der Waals surface area contributed by atoms with Crippen molar-refractivity contribution in [3.05, 3.63) is 29.8 Å². The maximum absolute atomic E-state index is 13.1. The van der Waals surface area contributed by atoms with E-state index in [0.717, 1.165) is 6.42 Å². The molecule has 1 aliphatic rings. The van der Waals surface area contributed by atoms with Crippen molar-refractivity contribution in [2.45, 2.75) is 52.0 Å². The average molecular weight is 424 g/mol. The molecule has 0 radical (unpaired) electrons. The van der Waals surface area contributed by atoms with E-state index in [1.807, 2.05) is 13.8 Å². The summed E-state index contributed by atoms with van der Waals surface area (Å²) in [7, 11) is -3.67. The Morgan fingerprint density at radius 3 is 2.38 bits per heavy atom. The molecule has 0 spiro atoms. The van der Waals surface area contributed by atoms with E-state index >= 15 is 0 Å². The molecule has 29 heavy (non-hydrogen) atoms. The molecule has 1 aromatic rings. The van der Waals surface area contributed by atoms with Crippen molar-refractivity contribution in [2.75, 3.05) is 26.2 Å². The number of hydrogen-bond donors (Lipinski definition) is 1. The highest BCUT2D eigenvalue weighted by Gasteiger charge is 2.32. The van der Waals surface area contributed by atoms with Crippen LogP contribution >= 0.6 is 0 Å². The van der Waals surface area contributed by atoms with Gasteiger partial charge in [0, 0.05) is 31.2 Å². The molecule has 1 heterocycles. The van der Waals surface area contributed by atoms with Gasteiger partial charge in [-0.05, 0) is 57.2 Å². The fraction of sp³-hybridized carbons (Fsp3) is 0.619. The molecule has 0 aliphatic carbocycles. The third kappa shape index (κ3) is 6.02. The van der Waals surface area contributed by atoms with Gasteiger partial charge in [0.15, 0.2) is 0 Å². The van der Waals surface area contributed by atoms with E-state index in [1.165, 1.54) is 21.3 Å². The first-order chi connectivity index (χ1) is 13.5. The van der Waals surface area contributed by atoms with Gasteiger partial charge in [-0.2, -0.15) is 4.31 Å². The van der Waals surface area contributed by atoms with Crippen molar-refractivity contribution in [2.24, 2.45) is 11.8 Å². The van der Waals surface area contributed by atoms with Crippen molar-refractivity contribution in [1.29, 1.82) is 0 Å². The smallest absolute Gasteiger partial charge is 0.254 e. The molecule has 0 bridgehead atoms. The summed E-state index contributed by atoms with van der Waals surface area (Å²) in [6, 6.07) is 6.10. The number of benzene rings is 1. The summed E-state index contributed by atoms with van der Waals surface area (Å²) in [6.07, 6.45) is 1.01. The van der Waals surface area contributed by atoms with Gasteiger partial charge in [0.2, 0.25) is 15.9 Å². The zero-order valence-corrected chi connectivity index (χ0v) is 18.8. The van der Waals surface area contributed by atoms with Gasteiger partial charge < -0.3 is 10.2 Å². The Morgan fingerprint density at radius 2 is 1.83 bits per heavy atom. The van der Waals surface area contributed by atoms with Crippen LogP contribution < -0.4 is 5.32 Å². The van der Waals surface area contributed by atoms with E-state index in [0.29, 0.717) is 31.5 Å². The second-order valence-electron chi connectivity index (χ2n) is 8.34. The Kier molecular flexibility index (Phi) is 7.82. The van der Waals surface area contributed by atoms with Crippen molar-refractivity contribution in [1.82, 2.24) is 14.5 Å². The molecule has 0 aromatic heterocycles. The fourth-order valence-electron chi connectivity index (χ4n) is 3.79. The van der Waals surface area contributed by atoms with Gasteiger partial charge in [0.1, 0.15) is 0 Å². The number of nitrogens with zero attached hydrogens (tertiary/aromatic N) is 2. The first-order valence-electron chi connectivity index (χ1n) is 10.2. The second kappa shape index (κ2) is 9.71. The highest BCUT2D eigenvalue weighted by molar-refractivity contribution is 7.89.